The van der Waals surface area contributed by atoms with Crippen LogP contribution in [0.2, 0.25) is 0 Å². The summed E-state index contributed by atoms with van der Waals surface area (Å²) in [4.78, 5) is 4.66. The van der Waals surface area contributed by atoms with Crippen LogP contribution in [0.15, 0.2) is 60.7 Å². The molecule has 0 fully saturated rings. The molecule has 0 radical (unpaired) electrons. The van der Waals surface area contributed by atoms with Crippen LogP contribution in [0.5, 0.6) is 5.75 Å². The SMILES string of the molecule is COc1ccc(-n2nc(C)c3c(C(F)F)cc(-c4ccccc4)nc32)cc1. The molecule has 6 heteroatoms. The molecule has 4 nitrogen and oxygen atoms in total. The number of halogens is 2. The van der Waals surface area contributed by atoms with Gasteiger partial charge in [-0.3, -0.25) is 0 Å². The molecule has 0 spiro atoms. The van der Waals surface area contributed by atoms with Crippen molar-refractivity contribution in [2.45, 2.75) is 13.3 Å². The first kappa shape index (κ1) is 17.1. The van der Waals surface area contributed by atoms with Crippen molar-refractivity contribution in [3.8, 4) is 22.7 Å². The third kappa shape index (κ3) is 3.03. The van der Waals surface area contributed by atoms with Crippen LogP contribution in [-0.4, -0.2) is 21.9 Å². The Hall–Kier alpha value is -3.28. The number of methoxy groups -OCH3 is 1. The van der Waals surface area contributed by atoms with Gasteiger partial charge in [0.25, 0.3) is 6.43 Å². The van der Waals surface area contributed by atoms with Gasteiger partial charge in [0, 0.05) is 11.1 Å². The third-order valence-corrected chi connectivity index (χ3v) is 4.46. The number of nitrogens with zero attached hydrogens (tertiary/aromatic N) is 3. The highest BCUT2D eigenvalue weighted by molar-refractivity contribution is 5.86. The molecule has 27 heavy (non-hydrogen) atoms. The fourth-order valence-corrected chi connectivity index (χ4v) is 3.15. The fourth-order valence-electron chi connectivity index (χ4n) is 3.15. The lowest BCUT2D eigenvalue weighted by Crippen LogP contribution is -2.00. The Morgan fingerprint density at radius 2 is 1.70 bits per heavy atom. The van der Waals surface area contributed by atoms with Crippen LogP contribution in [0.25, 0.3) is 28.0 Å². The topological polar surface area (TPSA) is 39.9 Å². The lowest BCUT2D eigenvalue weighted by molar-refractivity contribution is 0.153. The van der Waals surface area contributed by atoms with Crippen LogP contribution in [0.4, 0.5) is 8.78 Å². The smallest absolute Gasteiger partial charge is 0.264 e. The Bertz CT molecular complexity index is 1090. The second-order valence-corrected chi connectivity index (χ2v) is 6.16. The summed E-state index contributed by atoms with van der Waals surface area (Å²) in [6.07, 6.45) is -2.62. The van der Waals surface area contributed by atoms with Gasteiger partial charge in [0.05, 0.1) is 29.6 Å². The van der Waals surface area contributed by atoms with Gasteiger partial charge in [-0.25, -0.2) is 18.4 Å². The highest BCUT2D eigenvalue weighted by Gasteiger charge is 2.21. The van der Waals surface area contributed by atoms with Gasteiger partial charge >= 0.3 is 0 Å². The minimum absolute atomic E-state index is 0.0592. The predicted molar refractivity (Wildman–Crippen MR) is 101 cm³/mol. The Kier molecular flexibility index (Phi) is 4.32. The van der Waals surface area contributed by atoms with Crippen LogP contribution in [-0.2, 0) is 0 Å². The van der Waals surface area contributed by atoms with Crippen LogP contribution in [0.3, 0.4) is 0 Å². The molecule has 0 amide bonds. The summed E-state index contributed by atoms with van der Waals surface area (Å²) >= 11 is 0. The van der Waals surface area contributed by atoms with Crippen molar-refractivity contribution in [2.24, 2.45) is 0 Å². The van der Waals surface area contributed by atoms with Crippen molar-refractivity contribution in [3.05, 3.63) is 71.9 Å². The maximum absolute atomic E-state index is 13.8. The maximum atomic E-state index is 13.8. The maximum Gasteiger partial charge on any atom is 0.264 e. The Morgan fingerprint density at radius 1 is 1.00 bits per heavy atom. The lowest BCUT2D eigenvalue weighted by atomic mass is 10.1. The minimum atomic E-state index is -2.62. The standard InChI is InChI=1S/C21H17F2N3O/c1-13-19-17(20(22)23)12-18(14-6-4-3-5-7-14)24-21(19)26(25-13)15-8-10-16(27-2)11-9-15/h3-12,20H,1-2H3. The average Bonchev–Trinajstić information content (AvgIpc) is 3.04. The molecule has 0 saturated carbocycles. The third-order valence-electron chi connectivity index (χ3n) is 4.46. The van der Waals surface area contributed by atoms with Gasteiger partial charge < -0.3 is 4.74 Å². The molecule has 0 N–H and O–H groups in total. The lowest BCUT2D eigenvalue weighted by Gasteiger charge is -2.09. The minimum Gasteiger partial charge on any atom is -0.497 e. The molecule has 136 valence electrons. The number of alkyl halides is 2. The van der Waals surface area contributed by atoms with Crippen LogP contribution >= 0.6 is 0 Å². The van der Waals surface area contributed by atoms with Gasteiger partial charge in [-0.2, -0.15) is 5.10 Å². The number of hydrogen-bond donors (Lipinski definition) is 0. The van der Waals surface area contributed by atoms with Crippen molar-refractivity contribution < 1.29 is 13.5 Å². The molecule has 2 aromatic carbocycles. The van der Waals surface area contributed by atoms with E-state index in [9.17, 15) is 8.78 Å². The number of ether oxygens (including phenoxy) is 1. The quantitative estimate of drug-likeness (QED) is 0.490. The van der Waals surface area contributed by atoms with Crippen molar-refractivity contribution in [3.63, 3.8) is 0 Å². The van der Waals surface area contributed by atoms with Gasteiger partial charge in [0.1, 0.15) is 5.75 Å². The molecule has 0 aliphatic heterocycles. The number of fused-ring (bicyclic) bond motifs is 1. The van der Waals surface area contributed by atoms with Crippen molar-refractivity contribution >= 4 is 11.0 Å². The number of hydrogen-bond acceptors (Lipinski definition) is 3. The van der Waals surface area contributed by atoms with E-state index in [1.807, 2.05) is 42.5 Å². The summed E-state index contributed by atoms with van der Waals surface area (Å²) in [7, 11) is 1.59. The summed E-state index contributed by atoms with van der Waals surface area (Å²) < 4.78 is 34.4. The van der Waals surface area contributed by atoms with E-state index in [1.165, 1.54) is 6.07 Å². The van der Waals surface area contributed by atoms with Crippen molar-refractivity contribution in [1.82, 2.24) is 14.8 Å². The molecular formula is C21H17F2N3O. The summed E-state index contributed by atoms with van der Waals surface area (Å²) in [6.45, 7) is 1.72. The normalized spacial score (nSPS) is 11.3. The first-order valence-electron chi connectivity index (χ1n) is 8.46. The molecule has 0 aliphatic carbocycles. The van der Waals surface area contributed by atoms with Crippen molar-refractivity contribution in [2.75, 3.05) is 7.11 Å². The predicted octanol–water partition coefficient (Wildman–Crippen LogP) is 5.34. The first-order valence-corrected chi connectivity index (χ1v) is 8.46. The van der Waals surface area contributed by atoms with Gasteiger partial charge in [0.2, 0.25) is 0 Å². The fraction of sp³-hybridized carbons (Fsp3) is 0.143. The Labute approximate surface area is 155 Å². The molecular weight excluding hydrogens is 348 g/mol. The molecule has 0 atom stereocenters. The van der Waals surface area contributed by atoms with E-state index in [4.69, 9.17) is 4.74 Å². The van der Waals surface area contributed by atoms with E-state index in [-0.39, 0.29) is 5.56 Å². The van der Waals surface area contributed by atoms with E-state index < -0.39 is 6.43 Å². The summed E-state index contributed by atoms with van der Waals surface area (Å²) in [5.41, 5.74) is 2.87. The number of pyridine rings is 1. The van der Waals surface area contributed by atoms with Crippen LogP contribution in [0.1, 0.15) is 17.7 Å². The average molecular weight is 365 g/mol. The molecule has 0 unspecified atom stereocenters. The summed E-state index contributed by atoms with van der Waals surface area (Å²) in [5.74, 6) is 0.707. The monoisotopic (exact) mass is 365 g/mol. The van der Waals surface area contributed by atoms with E-state index in [1.54, 1.807) is 30.8 Å². The first-order chi connectivity index (χ1) is 13.1. The second kappa shape index (κ2) is 6.79. The van der Waals surface area contributed by atoms with Crippen LogP contribution in [0, 0.1) is 6.92 Å². The molecule has 0 bridgehead atoms. The van der Waals surface area contributed by atoms with Gasteiger partial charge in [0.15, 0.2) is 5.65 Å². The molecule has 0 saturated heterocycles. The van der Waals surface area contributed by atoms with E-state index in [2.05, 4.69) is 10.1 Å². The number of aryl methyl sites for hydroxylation is 1. The molecule has 2 aromatic heterocycles. The van der Waals surface area contributed by atoms with Gasteiger partial charge in [-0.05, 0) is 37.3 Å². The molecule has 0 aliphatic rings. The van der Waals surface area contributed by atoms with Gasteiger partial charge in [-0.1, -0.05) is 30.3 Å². The zero-order valence-electron chi connectivity index (χ0n) is 14.9. The summed E-state index contributed by atoms with van der Waals surface area (Å²) in [5, 5.41) is 4.86. The van der Waals surface area contributed by atoms with E-state index in [0.29, 0.717) is 28.2 Å². The zero-order chi connectivity index (χ0) is 19.0. The molecule has 4 rings (SSSR count). The molecule has 2 heterocycles. The van der Waals surface area contributed by atoms with Gasteiger partial charge in [-0.15, -0.1) is 0 Å². The van der Waals surface area contributed by atoms with Crippen molar-refractivity contribution in [1.29, 1.82) is 0 Å². The Morgan fingerprint density at radius 3 is 2.33 bits per heavy atom. The number of aromatic nitrogens is 3. The summed E-state index contributed by atoms with van der Waals surface area (Å²) in [6, 6.07) is 18.0. The highest BCUT2D eigenvalue weighted by Crippen LogP contribution is 2.34. The largest absolute Gasteiger partial charge is 0.497 e. The van der Waals surface area contributed by atoms with E-state index in [0.717, 1.165) is 11.3 Å². The zero-order valence-corrected chi connectivity index (χ0v) is 14.9. The number of rotatable bonds is 4. The molecule has 4 aromatic rings. The number of benzene rings is 2. The van der Waals surface area contributed by atoms with E-state index >= 15 is 0 Å². The Balaban J connectivity index is 1.99. The van der Waals surface area contributed by atoms with Crippen LogP contribution < -0.4 is 4.74 Å². The highest BCUT2D eigenvalue weighted by atomic mass is 19.3. The second-order valence-electron chi connectivity index (χ2n) is 6.16.